The second kappa shape index (κ2) is 7.03. The first-order chi connectivity index (χ1) is 11.0. The molecule has 2 unspecified atom stereocenters. The highest BCUT2D eigenvalue weighted by Gasteiger charge is 2.20. The third-order valence-corrected chi connectivity index (χ3v) is 5.30. The summed E-state index contributed by atoms with van der Waals surface area (Å²) in [6.07, 6.45) is 2.06. The summed E-state index contributed by atoms with van der Waals surface area (Å²) in [7, 11) is 0. The Kier molecular flexibility index (Phi) is 5.04. The minimum absolute atomic E-state index is 0.0818. The average molecular weight is 338 g/mol. The van der Waals surface area contributed by atoms with Crippen LogP contribution in [0.1, 0.15) is 40.6 Å². The number of fused-ring (bicyclic) bond motifs is 1. The molecule has 0 fully saturated rings. The lowest BCUT2D eigenvalue weighted by Crippen LogP contribution is -2.22. The molecule has 0 amide bonds. The maximum absolute atomic E-state index is 13.6. The summed E-state index contributed by atoms with van der Waals surface area (Å²) >= 11 is 1.69. The van der Waals surface area contributed by atoms with Crippen molar-refractivity contribution in [1.82, 2.24) is 10.3 Å². The molecule has 6 heteroatoms. The maximum Gasteiger partial charge on any atom is 0.131 e. The second-order valence-corrected chi connectivity index (χ2v) is 7.28. The number of rotatable bonds is 5. The molecule has 1 heterocycles. The highest BCUT2D eigenvalue weighted by molar-refractivity contribution is 7.11. The Labute approximate surface area is 138 Å². The van der Waals surface area contributed by atoms with Crippen LogP contribution in [0.4, 0.5) is 8.78 Å². The molecule has 3 nitrogen and oxygen atoms in total. The molecule has 124 valence electrons. The molecule has 0 saturated carbocycles. The van der Waals surface area contributed by atoms with Crippen molar-refractivity contribution >= 4 is 11.3 Å². The predicted molar refractivity (Wildman–Crippen MR) is 86.3 cm³/mol. The van der Waals surface area contributed by atoms with E-state index in [1.54, 1.807) is 11.3 Å². The SMILES string of the molecule is CC1CCc2nc(CNCC(O)c3c(F)cccc3F)sc2C1. The van der Waals surface area contributed by atoms with Crippen molar-refractivity contribution in [1.29, 1.82) is 0 Å². The Morgan fingerprint density at radius 1 is 1.39 bits per heavy atom. The van der Waals surface area contributed by atoms with Crippen molar-refractivity contribution in [3.63, 3.8) is 0 Å². The second-order valence-electron chi connectivity index (χ2n) is 6.11. The number of aromatic nitrogens is 1. The highest BCUT2D eigenvalue weighted by Crippen LogP contribution is 2.29. The van der Waals surface area contributed by atoms with Gasteiger partial charge in [-0.3, -0.25) is 0 Å². The summed E-state index contributed by atoms with van der Waals surface area (Å²) in [6, 6.07) is 3.59. The molecule has 0 spiro atoms. The Hall–Kier alpha value is -1.37. The van der Waals surface area contributed by atoms with E-state index in [2.05, 4.69) is 17.2 Å². The van der Waals surface area contributed by atoms with Crippen LogP contribution in [0.15, 0.2) is 18.2 Å². The van der Waals surface area contributed by atoms with E-state index in [9.17, 15) is 13.9 Å². The molecule has 1 aliphatic carbocycles. The molecule has 1 aliphatic rings. The van der Waals surface area contributed by atoms with Gasteiger partial charge in [-0.05, 0) is 37.3 Å². The topological polar surface area (TPSA) is 45.2 Å². The monoisotopic (exact) mass is 338 g/mol. The molecule has 0 radical (unpaired) electrons. The number of nitrogens with zero attached hydrogens (tertiary/aromatic N) is 1. The van der Waals surface area contributed by atoms with Gasteiger partial charge in [-0.15, -0.1) is 11.3 Å². The normalized spacial score (nSPS) is 18.7. The first-order valence-corrected chi connectivity index (χ1v) is 8.66. The zero-order chi connectivity index (χ0) is 16.4. The van der Waals surface area contributed by atoms with Crippen LogP contribution in [-0.2, 0) is 19.4 Å². The molecular weight excluding hydrogens is 318 g/mol. The molecule has 1 aromatic carbocycles. The zero-order valence-electron chi connectivity index (χ0n) is 13.0. The third-order valence-electron chi connectivity index (χ3n) is 4.18. The first-order valence-electron chi connectivity index (χ1n) is 7.84. The van der Waals surface area contributed by atoms with Crippen molar-refractivity contribution in [2.45, 2.75) is 38.8 Å². The minimum Gasteiger partial charge on any atom is -0.387 e. The van der Waals surface area contributed by atoms with Crippen LogP contribution in [0.2, 0.25) is 0 Å². The van der Waals surface area contributed by atoms with E-state index >= 15 is 0 Å². The average Bonchev–Trinajstić information content (AvgIpc) is 2.88. The summed E-state index contributed by atoms with van der Waals surface area (Å²) in [5.41, 5.74) is 0.901. The molecule has 1 aromatic heterocycles. The summed E-state index contributed by atoms with van der Waals surface area (Å²) in [4.78, 5) is 5.96. The summed E-state index contributed by atoms with van der Waals surface area (Å²) in [5, 5.41) is 14.0. The van der Waals surface area contributed by atoms with Crippen LogP contribution in [0.3, 0.4) is 0 Å². The van der Waals surface area contributed by atoms with Crippen LogP contribution >= 0.6 is 11.3 Å². The number of aliphatic hydroxyl groups is 1. The number of halogens is 2. The van der Waals surface area contributed by atoms with Gasteiger partial charge in [0.25, 0.3) is 0 Å². The number of nitrogens with one attached hydrogen (secondary N) is 1. The van der Waals surface area contributed by atoms with Crippen molar-refractivity contribution in [3.05, 3.63) is 51.0 Å². The summed E-state index contributed by atoms with van der Waals surface area (Å²) < 4.78 is 27.2. The number of hydrogen-bond acceptors (Lipinski definition) is 4. The molecule has 2 N–H and O–H groups in total. The summed E-state index contributed by atoms with van der Waals surface area (Å²) in [5.74, 6) is -0.745. The minimum atomic E-state index is -1.22. The molecule has 23 heavy (non-hydrogen) atoms. The van der Waals surface area contributed by atoms with E-state index in [0.717, 1.165) is 30.0 Å². The van der Waals surface area contributed by atoms with Gasteiger partial charge in [-0.25, -0.2) is 13.8 Å². The number of hydrogen-bond donors (Lipinski definition) is 2. The van der Waals surface area contributed by atoms with Gasteiger partial charge in [-0.2, -0.15) is 0 Å². The molecule has 2 atom stereocenters. The van der Waals surface area contributed by atoms with Crippen LogP contribution in [0.25, 0.3) is 0 Å². The number of benzene rings is 1. The molecular formula is C17H20F2N2OS. The van der Waals surface area contributed by atoms with E-state index in [4.69, 9.17) is 0 Å². The lowest BCUT2D eigenvalue weighted by atomic mass is 9.93. The van der Waals surface area contributed by atoms with Crippen LogP contribution in [-0.4, -0.2) is 16.6 Å². The fourth-order valence-electron chi connectivity index (χ4n) is 2.92. The Balaban J connectivity index is 1.57. The Morgan fingerprint density at radius 3 is 2.87 bits per heavy atom. The van der Waals surface area contributed by atoms with E-state index < -0.39 is 17.7 Å². The fourth-order valence-corrected chi connectivity index (χ4v) is 4.16. The van der Waals surface area contributed by atoms with Gasteiger partial charge in [0.15, 0.2) is 0 Å². The lowest BCUT2D eigenvalue weighted by Gasteiger charge is -2.15. The van der Waals surface area contributed by atoms with Gasteiger partial charge in [0.2, 0.25) is 0 Å². The van der Waals surface area contributed by atoms with Gasteiger partial charge < -0.3 is 10.4 Å². The van der Waals surface area contributed by atoms with Crippen molar-refractivity contribution in [3.8, 4) is 0 Å². The van der Waals surface area contributed by atoms with Crippen molar-refractivity contribution in [2.75, 3.05) is 6.54 Å². The lowest BCUT2D eigenvalue weighted by molar-refractivity contribution is 0.164. The predicted octanol–water partition coefficient (Wildman–Crippen LogP) is 3.37. The third kappa shape index (κ3) is 3.76. The standard InChI is InChI=1S/C17H20F2N2OS/c1-10-5-6-13-15(7-10)23-16(21-13)9-20-8-14(22)17-11(18)3-2-4-12(17)19/h2-4,10,14,20,22H,5-9H2,1H3. The van der Waals surface area contributed by atoms with Gasteiger partial charge in [0, 0.05) is 18.0 Å². The Morgan fingerprint density at radius 2 is 2.13 bits per heavy atom. The maximum atomic E-state index is 13.6. The van der Waals surface area contributed by atoms with E-state index in [1.165, 1.54) is 23.1 Å². The van der Waals surface area contributed by atoms with E-state index in [1.807, 2.05) is 0 Å². The molecule has 0 aliphatic heterocycles. The van der Waals surface area contributed by atoms with Crippen LogP contribution in [0, 0.1) is 17.6 Å². The largest absolute Gasteiger partial charge is 0.387 e. The number of thiazole rings is 1. The Bertz CT molecular complexity index is 669. The first kappa shape index (κ1) is 16.5. The smallest absolute Gasteiger partial charge is 0.131 e. The quantitative estimate of drug-likeness (QED) is 0.879. The van der Waals surface area contributed by atoms with Gasteiger partial charge in [0.05, 0.1) is 17.4 Å². The molecule has 2 aromatic rings. The fraction of sp³-hybridized carbons (Fsp3) is 0.471. The summed E-state index contributed by atoms with van der Waals surface area (Å²) in [6.45, 7) is 2.83. The van der Waals surface area contributed by atoms with Crippen molar-refractivity contribution < 1.29 is 13.9 Å². The van der Waals surface area contributed by atoms with Crippen LogP contribution < -0.4 is 5.32 Å². The highest BCUT2D eigenvalue weighted by atomic mass is 32.1. The van der Waals surface area contributed by atoms with Gasteiger partial charge >= 0.3 is 0 Å². The van der Waals surface area contributed by atoms with Crippen LogP contribution in [0.5, 0.6) is 0 Å². The number of aliphatic hydroxyl groups excluding tert-OH is 1. The molecule has 3 rings (SSSR count). The van der Waals surface area contributed by atoms with Gasteiger partial charge in [0.1, 0.15) is 16.6 Å². The van der Waals surface area contributed by atoms with E-state index in [0.29, 0.717) is 12.5 Å². The van der Waals surface area contributed by atoms with Gasteiger partial charge in [-0.1, -0.05) is 13.0 Å². The molecule has 0 bridgehead atoms. The number of aryl methyl sites for hydroxylation is 1. The van der Waals surface area contributed by atoms with Crippen molar-refractivity contribution in [2.24, 2.45) is 5.92 Å². The van der Waals surface area contributed by atoms with E-state index in [-0.39, 0.29) is 12.1 Å². The zero-order valence-corrected chi connectivity index (χ0v) is 13.8. The molecule has 0 saturated heterocycles.